The molecule has 0 fully saturated rings. The predicted molar refractivity (Wildman–Crippen MR) is 101 cm³/mol. The van der Waals surface area contributed by atoms with Gasteiger partial charge in [0.05, 0.1) is 6.61 Å². The molecule has 0 aliphatic carbocycles. The summed E-state index contributed by atoms with van der Waals surface area (Å²) in [6, 6.07) is 4.22. The molecule has 1 aliphatic heterocycles. The van der Waals surface area contributed by atoms with E-state index in [2.05, 4.69) is 10.1 Å². The number of halogens is 4. The van der Waals surface area contributed by atoms with Crippen LogP contribution in [0.25, 0.3) is 0 Å². The van der Waals surface area contributed by atoms with E-state index < -0.39 is 11.7 Å². The van der Waals surface area contributed by atoms with Crippen LogP contribution in [0.3, 0.4) is 0 Å². The van der Waals surface area contributed by atoms with E-state index in [-0.39, 0.29) is 17.6 Å². The van der Waals surface area contributed by atoms with Gasteiger partial charge in [-0.25, -0.2) is 4.39 Å². The number of thioether (sulfide) groups is 1. The molecule has 0 bridgehead atoms. The highest BCUT2D eigenvalue weighted by Gasteiger charge is 2.42. The highest BCUT2D eigenvalue weighted by Crippen LogP contribution is 2.34. The van der Waals surface area contributed by atoms with E-state index >= 15 is 0 Å². The van der Waals surface area contributed by atoms with Gasteiger partial charge in [0.15, 0.2) is 0 Å². The van der Waals surface area contributed by atoms with Gasteiger partial charge in [-0.3, -0.25) is 4.79 Å². The molecule has 1 N–H and O–H groups in total. The van der Waals surface area contributed by atoms with Crippen molar-refractivity contribution in [3.8, 4) is 5.75 Å². The molecule has 0 spiro atoms. The van der Waals surface area contributed by atoms with E-state index in [0.717, 1.165) is 0 Å². The molecule has 1 heterocycles. The number of anilines is 1. The number of nitrogens with one attached hydrogen (secondary N) is 1. The summed E-state index contributed by atoms with van der Waals surface area (Å²) in [5.74, 6) is 0.818. The first kappa shape index (κ1) is 21.8. The fourth-order valence-corrected chi connectivity index (χ4v) is 3.33. The monoisotopic (exact) mass is 423 g/mol. The van der Waals surface area contributed by atoms with Gasteiger partial charge in [-0.2, -0.15) is 8.78 Å². The lowest BCUT2D eigenvalue weighted by atomic mass is 10.0. The Kier molecular flexibility index (Phi) is 7.33. The van der Waals surface area contributed by atoms with Crippen molar-refractivity contribution in [2.24, 2.45) is 5.92 Å². The lowest BCUT2D eigenvalue weighted by Gasteiger charge is -2.21. The third-order valence-electron chi connectivity index (χ3n) is 3.62. The summed E-state index contributed by atoms with van der Waals surface area (Å²) in [7, 11) is 0. The average Bonchev–Trinajstić information content (AvgIpc) is 2.56. The van der Waals surface area contributed by atoms with E-state index in [4.69, 9.17) is 16.3 Å². The number of alkyl halides is 4. The molecule has 0 aromatic heterocycles. The summed E-state index contributed by atoms with van der Waals surface area (Å²) in [4.78, 5) is 12.9. The van der Waals surface area contributed by atoms with Crippen LogP contribution in [0.5, 0.6) is 5.75 Å². The number of hydrogen-bond acceptors (Lipinski definition) is 4. The first-order valence-corrected chi connectivity index (χ1v) is 9.78. The van der Waals surface area contributed by atoms with Gasteiger partial charge in [0.2, 0.25) is 0 Å². The summed E-state index contributed by atoms with van der Waals surface area (Å²) < 4.78 is 49.8. The second-order valence-corrected chi connectivity index (χ2v) is 7.91. The van der Waals surface area contributed by atoms with Crippen molar-refractivity contribution in [1.82, 2.24) is 0 Å². The highest BCUT2D eigenvalue weighted by molar-refractivity contribution is 8.04. The third kappa shape index (κ3) is 5.97. The van der Waals surface area contributed by atoms with Crippen molar-refractivity contribution in [3.05, 3.63) is 34.4 Å². The van der Waals surface area contributed by atoms with E-state index in [1.54, 1.807) is 6.92 Å². The molecule has 1 amide bonds. The fraction of sp³-hybridized carbons (Fsp3) is 0.500. The van der Waals surface area contributed by atoms with Crippen molar-refractivity contribution in [3.63, 3.8) is 0 Å². The third-order valence-corrected chi connectivity index (χ3v) is 5.01. The molecule has 9 heteroatoms. The van der Waals surface area contributed by atoms with Gasteiger partial charge in [-0.15, -0.1) is 11.8 Å². The zero-order valence-electron chi connectivity index (χ0n) is 15.2. The molecule has 0 saturated carbocycles. The van der Waals surface area contributed by atoms with Crippen LogP contribution in [0.4, 0.5) is 18.9 Å². The first-order valence-electron chi connectivity index (χ1n) is 8.36. The average molecular weight is 424 g/mol. The normalized spacial score (nSPS) is 16.1. The molecule has 27 heavy (non-hydrogen) atoms. The predicted octanol–water partition coefficient (Wildman–Crippen LogP) is 5.32. The zero-order valence-corrected chi connectivity index (χ0v) is 16.7. The van der Waals surface area contributed by atoms with Gasteiger partial charge in [0, 0.05) is 11.4 Å². The van der Waals surface area contributed by atoms with Gasteiger partial charge in [-0.05, 0) is 43.0 Å². The molecule has 1 aromatic carbocycles. The van der Waals surface area contributed by atoms with Gasteiger partial charge in [-0.1, -0.05) is 25.4 Å². The van der Waals surface area contributed by atoms with Gasteiger partial charge in [0.1, 0.15) is 16.4 Å². The maximum Gasteiger partial charge on any atom is 0.444 e. The van der Waals surface area contributed by atoms with Crippen molar-refractivity contribution in [2.75, 3.05) is 17.7 Å². The van der Waals surface area contributed by atoms with Crippen molar-refractivity contribution in [1.29, 1.82) is 0 Å². The van der Waals surface area contributed by atoms with Crippen molar-refractivity contribution in [2.45, 2.75) is 38.9 Å². The molecular weight excluding hydrogens is 403 g/mol. The largest absolute Gasteiger partial charge is 0.496 e. The van der Waals surface area contributed by atoms with E-state index in [9.17, 15) is 18.0 Å². The van der Waals surface area contributed by atoms with Crippen LogP contribution in [0, 0.1) is 5.92 Å². The maximum absolute atomic E-state index is 13.5. The molecule has 1 atom stereocenters. The second kappa shape index (κ2) is 9.10. The van der Waals surface area contributed by atoms with E-state index in [1.807, 2.05) is 13.8 Å². The van der Waals surface area contributed by atoms with Crippen LogP contribution < -0.4 is 10.1 Å². The van der Waals surface area contributed by atoms with Gasteiger partial charge in [0.25, 0.3) is 11.5 Å². The fourth-order valence-electron chi connectivity index (χ4n) is 2.47. The standard InChI is InChI=1S/C18H21ClF3NO3S/c1-10(2)8-12-9-13(4-5-14(12)26-18(21,22)17(19)20)23-16(24)15-11(3)25-6-7-27-15/h4-5,9-10,17H,6-8H2,1-3H3,(H,23,24). The van der Waals surface area contributed by atoms with Gasteiger partial charge >= 0.3 is 6.11 Å². The number of carbonyl (C=O) groups excluding carboxylic acids is 1. The van der Waals surface area contributed by atoms with Crippen LogP contribution in [-0.4, -0.2) is 30.0 Å². The van der Waals surface area contributed by atoms with Crippen LogP contribution in [0.15, 0.2) is 28.9 Å². The quantitative estimate of drug-likeness (QED) is 0.602. The Morgan fingerprint density at radius 1 is 1.44 bits per heavy atom. The highest BCUT2D eigenvalue weighted by atomic mass is 35.5. The van der Waals surface area contributed by atoms with Crippen LogP contribution in [-0.2, 0) is 16.0 Å². The summed E-state index contributed by atoms with van der Waals surface area (Å²) in [6.45, 7) is 6.06. The number of rotatable bonds is 7. The number of amides is 1. The minimum Gasteiger partial charge on any atom is -0.496 e. The van der Waals surface area contributed by atoms with Crippen LogP contribution >= 0.6 is 23.4 Å². The maximum atomic E-state index is 13.5. The molecule has 0 saturated heterocycles. The molecule has 150 valence electrons. The molecule has 0 radical (unpaired) electrons. The number of benzene rings is 1. The van der Waals surface area contributed by atoms with E-state index in [0.29, 0.717) is 40.7 Å². The molecule has 1 aliphatic rings. The smallest absolute Gasteiger partial charge is 0.444 e. The summed E-state index contributed by atoms with van der Waals surface area (Å²) in [6.07, 6.45) is -3.76. The Labute approximate surface area is 165 Å². The molecule has 2 rings (SSSR count). The number of ether oxygens (including phenoxy) is 2. The molecule has 4 nitrogen and oxygen atoms in total. The summed E-state index contributed by atoms with van der Waals surface area (Å²) in [5, 5.41) is 2.73. The number of hydrogen-bond donors (Lipinski definition) is 1. The Morgan fingerprint density at radius 2 is 2.15 bits per heavy atom. The summed E-state index contributed by atoms with van der Waals surface area (Å²) >= 11 is 6.25. The first-order chi connectivity index (χ1) is 12.6. The van der Waals surface area contributed by atoms with Crippen molar-refractivity contribution >= 4 is 35.0 Å². The second-order valence-electron chi connectivity index (χ2n) is 6.42. The number of allylic oxidation sites excluding steroid dienone is 1. The lowest BCUT2D eigenvalue weighted by molar-refractivity contribution is -0.199. The lowest BCUT2D eigenvalue weighted by Crippen LogP contribution is -2.33. The Morgan fingerprint density at radius 3 is 2.74 bits per heavy atom. The zero-order chi connectivity index (χ0) is 20.2. The van der Waals surface area contributed by atoms with Gasteiger partial charge < -0.3 is 14.8 Å². The SMILES string of the molecule is CC1=C(C(=O)Nc2ccc(OC(F)(F)C(F)Cl)c(CC(C)C)c2)SCCO1. The Hall–Kier alpha value is -1.54. The minimum absolute atomic E-state index is 0.122. The van der Waals surface area contributed by atoms with Crippen molar-refractivity contribution < 1.29 is 27.4 Å². The Bertz CT molecular complexity index is 726. The topological polar surface area (TPSA) is 47.6 Å². The van der Waals surface area contributed by atoms with E-state index in [1.165, 1.54) is 30.0 Å². The minimum atomic E-state index is -4.16. The molecule has 1 unspecified atom stereocenters. The van der Waals surface area contributed by atoms with Crippen LogP contribution in [0.1, 0.15) is 26.3 Å². The number of carbonyl (C=O) groups is 1. The Balaban J connectivity index is 2.25. The summed E-state index contributed by atoms with van der Waals surface area (Å²) in [5.41, 5.74) is -2.14. The molecule has 1 aromatic rings. The molecular formula is C18H21ClF3NO3S. The van der Waals surface area contributed by atoms with Crippen LogP contribution in [0.2, 0.25) is 0 Å².